The molecule has 4 aromatic rings. The summed E-state index contributed by atoms with van der Waals surface area (Å²) in [5, 5.41) is 19.7. The molecular formula is C23H26N6O2S. The van der Waals surface area contributed by atoms with E-state index in [0.29, 0.717) is 19.0 Å². The molecule has 166 valence electrons. The van der Waals surface area contributed by atoms with Crippen LogP contribution in [0.4, 0.5) is 5.82 Å². The number of ether oxygens (including phenoxy) is 1. The Morgan fingerprint density at radius 1 is 1.12 bits per heavy atom. The molecular weight excluding hydrogens is 424 g/mol. The molecule has 9 heteroatoms. The van der Waals surface area contributed by atoms with Gasteiger partial charge in [-0.15, -0.1) is 11.3 Å². The number of anilines is 1. The lowest BCUT2D eigenvalue weighted by molar-refractivity contribution is -0.0171. The predicted octanol–water partition coefficient (Wildman–Crippen LogP) is 2.98. The number of nitrogens with one attached hydrogen (secondary N) is 1. The molecule has 5 heterocycles. The van der Waals surface area contributed by atoms with Crippen molar-refractivity contribution in [3.05, 3.63) is 35.3 Å². The number of aliphatic hydroxyl groups is 1. The van der Waals surface area contributed by atoms with Gasteiger partial charge in [-0.25, -0.2) is 9.97 Å². The number of hydrogen-bond donors (Lipinski definition) is 2. The van der Waals surface area contributed by atoms with Gasteiger partial charge >= 0.3 is 0 Å². The first-order valence-corrected chi connectivity index (χ1v) is 11.9. The van der Waals surface area contributed by atoms with E-state index in [1.165, 1.54) is 0 Å². The number of piperidine rings is 1. The number of thiophene rings is 1. The third-order valence-corrected chi connectivity index (χ3v) is 7.98. The summed E-state index contributed by atoms with van der Waals surface area (Å²) in [5.41, 5.74) is 2.01. The number of likely N-dealkylation sites (tertiary alicyclic amines) is 1. The molecule has 0 atom stereocenters. The minimum absolute atomic E-state index is 0.686. The number of hydrogen-bond acceptors (Lipinski definition) is 8. The molecule has 0 aliphatic carbocycles. The van der Waals surface area contributed by atoms with Crippen LogP contribution in [-0.2, 0) is 10.3 Å². The van der Waals surface area contributed by atoms with E-state index in [0.717, 1.165) is 76.4 Å². The number of benzene rings is 1. The third kappa shape index (κ3) is 3.36. The van der Waals surface area contributed by atoms with Crippen LogP contribution in [0.5, 0.6) is 0 Å². The SMILES string of the molecule is CN1CCC(O)(c2cc3nc(-c4cccc5[nH]ncc45)nc(N4CCOCC4)c3s2)CC1. The quantitative estimate of drug-likeness (QED) is 0.496. The summed E-state index contributed by atoms with van der Waals surface area (Å²) in [6.07, 6.45) is 3.29. The molecule has 2 aliphatic heterocycles. The lowest BCUT2D eigenvalue weighted by atomic mass is 9.90. The number of H-pyrrole nitrogens is 1. The number of aromatic amines is 1. The van der Waals surface area contributed by atoms with E-state index in [1.54, 1.807) is 11.3 Å². The highest BCUT2D eigenvalue weighted by Gasteiger charge is 2.35. The summed E-state index contributed by atoms with van der Waals surface area (Å²) in [5.74, 6) is 1.62. The van der Waals surface area contributed by atoms with Gasteiger partial charge in [0.2, 0.25) is 0 Å². The maximum absolute atomic E-state index is 11.5. The molecule has 0 bridgehead atoms. The Hall–Kier alpha value is -2.59. The average Bonchev–Trinajstić information content (AvgIpc) is 3.48. The van der Waals surface area contributed by atoms with Crippen LogP contribution in [0.1, 0.15) is 17.7 Å². The van der Waals surface area contributed by atoms with Crippen LogP contribution in [0.25, 0.3) is 32.5 Å². The molecule has 0 saturated carbocycles. The van der Waals surface area contributed by atoms with Crippen molar-refractivity contribution in [1.29, 1.82) is 0 Å². The maximum Gasteiger partial charge on any atom is 0.162 e. The molecule has 1 aromatic carbocycles. The van der Waals surface area contributed by atoms with Crippen molar-refractivity contribution in [2.24, 2.45) is 0 Å². The van der Waals surface area contributed by atoms with Crippen molar-refractivity contribution in [3.63, 3.8) is 0 Å². The number of nitrogens with zero attached hydrogens (tertiary/aromatic N) is 5. The van der Waals surface area contributed by atoms with E-state index in [2.05, 4.69) is 33.1 Å². The molecule has 2 saturated heterocycles. The first-order chi connectivity index (χ1) is 15.6. The Morgan fingerprint density at radius 2 is 1.94 bits per heavy atom. The highest BCUT2D eigenvalue weighted by molar-refractivity contribution is 7.19. The summed E-state index contributed by atoms with van der Waals surface area (Å²) in [6, 6.07) is 8.12. The molecule has 2 aliphatic rings. The normalized spacial score (nSPS) is 19.8. The van der Waals surface area contributed by atoms with Crippen molar-refractivity contribution in [2.75, 3.05) is 51.3 Å². The number of rotatable bonds is 3. The van der Waals surface area contributed by atoms with Gasteiger partial charge in [0.05, 0.1) is 35.1 Å². The Labute approximate surface area is 189 Å². The number of morpholine rings is 1. The van der Waals surface area contributed by atoms with Gasteiger partial charge in [0.15, 0.2) is 11.6 Å². The molecule has 0 amide bonds. The standard InChI is InChI=1S/C23H26N6O2S/c1-28-7-5-23(30,6-8-28)19-13-18-20(32-19)22(29-9-11-31-12-10-29)26-21(25-18)15-3-2-4-17-16(15)14-24-27-17/h2-4,13-14,30H,5-12H2,1H3,(H,24,27). The van der Waals surface area contributed by atoms with Crippen molar-refractivity contribution in [2.45, 2.75) is 18.4 Å². The summed E-state index contributed by atoms with van der Waals surface area (Å²) < 4.78 is 6.62. The van der Waals surface area contributed by atoms with Crippen LogP contribution >= 0.6 is 11.3 Å². The van der Waals surface area contributed by atoms with Crippen molar-refractivity contribution < 1.29 is 9.84 Å². The monoisotopic (exact) mass is 450 g/mol. The van der Waals surface area contributed by atoms with E-state index in [-0.39, 0.29) is 0 Å². The zero-order valence-electron chi connectivity index (χ0n) is 18.0. The summed E-state index contributed by atoms with van der Waals surface area (Å²) in [4.78, 5) is 15.6. The smallest absolute Gasteiger partial charge is 0.162 e. The van der Waals surface area contributed by atoms with Gasteiger partial charge in [0, 0.05) is 42.0 Å². The Balaban J connectivity index is 1.52. The third-order valence-electron chi connectivity index (χ3n) is 6.66. The fraction of sp³-hybridized carbons (Fsp3) is 0.435. The molecule has 2 fully saturated rings. The van der Waals surface area contributed by atoms with Crippen LogP contribution < -0.4 is 4.90 Å². The van der Waals surface area contributed by atoms with Gasteiger partial charge in [-0.2, -0.15) is 5.10 Å². The second-order valence-electron chi connectivity index (χ2n) is 8.77. The van der Waals surface area contributed by atoms with E-state index >= 15 is 0 Å². The lowest BCUT2D eigenvalue weighted by Gasteiger charge is -2.35. The van der Waals surface area contributed by atoms with Gasteiger partial charge < -0.3 is 19.6 Å². The summed E-state index contributed by atoms with van der Waals surface area (Å²) in [6.45, 7) is 4.74. The second-order valence-corrected chi connectivity index (χ2v) is 9.82. The largest absolute Gasteiger partial charge is 0.384 e. The molecule has 8 nitrogen and oxygen atoms in total. The van der Waals surface area contributed by atoms with E-state index in [9.17, 15) is 5.11 Å². The van der Waals surface area contributed by atoms with E-state index in [1.807, 2.05) is 24.4 Å². The second kappa shape index (κ2) is 7.77. The molecule has 0 unspecified atom stereocenters. The van der Waals surface area contributed by atoms with Crippen molar-refractivity contribution in [1.82, 2.24) is 25.1 Å². The Kier molecular flexibility index (Phi) is 4.87. The topological polar surface area (TPSA) is 90.4 Å². The Morgan fingerprint density at radius 3 is 2.75 bits per heavy atom. The van der Waals surface area contributed by atoms with E-state index < -0.39 is 5.60 Å². The summed E-state index contributed by atoms with van der Waals surface area (Å²) in [7, 11) is 2.11. The molecule has 2 N–H and O–H groups in total. The number of aromatic nitrogens is 4. The van der Waals surface area contributed by atoms with Crippen molar-refractivity contribution >= 4 is 38.3 Å². The molecule has 6 rings (SSSR count). The molecule has 32 heavy (non-hydrogen) atoms. The zero-order valence-corrected chi connectivity index (χ0v) is 18.9. The van der Waals surface area contributed by atoms with Gasteiger partial charge in [0.1, 0.15) is 5.60 Å². The van der Waals surface area contributed by atoms with Gasteiger partial charge in [-0.1, -0.05) is 12.1 Å². The van der Waals surface area contributed by atoms with E-state index in [4.69, 9.17) is 14.7 Å². The van der Waals surface area contributed by atoms with Gasteiger partial charge in [-0.3, -0.25) is 5.10 Å². The van der Waals surface area contributed by atoms with Crippen LogP contribution in [0.15, 0.2) is 30.5 Å². The van der Waals surface area contributed by atoms with Gasteiger partial charge in [0.25, 0.3) is 0 Å². The van der Waals surface area contributed by atoms with Crippen LogP contribution in [0.3, 0.4) is 0 Å². The zero-order chi connectivity index (χ0) is 21.7. The maximum atomic E-state index is 11.5. The minimum Gasteiger partial charge on any atom is -0.384 e. The fourth-order valence-electron chi connectivity index (χ4n) is 4.65. The fourth-order valence-corrected chi connectivity index (χ4v) is 5.91. The molecule has 0 radical (unpaired) electrons. The number of fused-ring (bicyclic) bond motifs is 2. The average molecular weight is 451 g/mol. The lowest BCUT2D eigenvalue weighted by Crippen LogP contribution is -2.40. The molecule has 0 spiro atoms. The summed E-state index contributed by atoms with van der Waals surface area (Å²) >= 11 is 1.64. The van der Waals surface area contributed by atoms with Crippen LogP contribution in [0.2, 0.25) is 0 Å². The molecule has 3 aromatic heterocycles. The van der Waals surface area contributed by atoms with Gasteiger partial charge in [-0.05, 0) is 32.0 Å². The van der Waals surface area contributed by atoms with Crippen LogP contribution in [0, 0.1) is 0 Å². The highest BCUT2D eigenvalue weighted by Crippen LogP contribution is 2.42. The Bertz CT molecular complexity index is 1270. The van der Waals surface area contributed by atoms with Crippen molar-refractivity contribution in [3.8, 4) is 11.4 Å². The first-order valence-electron chi connectivity index (χ1n) is 11.1. The minimum atomic E-state index is -0.801. The van der Waals surface area contributed by atoms with Crippen LogP contribution in [-0.4, -0.2) is 76.6 Å². The first kappa shape index (κ1) is 20.0. The predicted molar refractivity (Wildman–Crippen MR) is 126 cm³/mol. The highest BCUT2D eigenvalue weighted by atomic mass is 32.1.